The molecular weight excluding hydrogens is 377 g/mol. The van der Waals surface area contributed by atoms with E-state index >= 15 is 0 Å². The van der Waals surface area contributed by atoms with Crippen molar-refractivity contribution in [3.63, 3.8) is 0 Å². The van der Waals surface area contributed by atoms with Gasteiger partial charge in [-0.05, 0) is 25.0 Å². The van der Waals surface area contributed by atoms with Crippen LogP contribution in [0.15, 0.2) is 24.3 Å². The lowest BCUT2D eigenvalue weighted by Crippen LogP contribution is -2.04. The van der Waals surface area contributed by atoms with Crippen molar-refractivity contribution in [3.8, 4) is 5.75 Å². The lowest BCUT2D eigenvalue weighted by molar-refractivity contribution is -0.384. The zero-order valence-corrected chi connectivity index (χ0v) is 18.3. The third-order valence-corrected chi connectivity index (χ3v) is 6.54. The van der Waals surface area contributed by atoms with E-state index in [0.29, 0.717) is 18.5 Å². The quantitative estimate of drug-likeness (QED) is 0.114. The molecule has 0 spiro atoms. The van der Waals surface area contributed by atoms with Gasteiger partial charge in [0, 0.05) is 12.1 Å². The van der Waals surface area contributed by atoms with Gasteiger partial charge in [-0.25, -0.2) is 4.57 Å². The largest absolute Gasteiger partial charge is 0.424 e. The number of hydrogen-bond acceptors (Lipinski definition) is 5. The fraction of sp³-hybridized carbons (Fsp3) is 0.714. The summed E-state index contributed by atoms with van der Waals surface area (Å²) in [5, 5.41) is 10.8. The highest BCUT2D eigenvalue weighted by atomic mass is 31.2. The summed E-state index contributed by atoms with van der Waals surface area (Å²) >= 11 is 0. The number of non-ortho nitro benzene ring substituents is 1. The van der Waals surface area contributed by atoms with Crippen LogP contribution in [0.4, 0.5) is 5.69 Å². The van der Waals surface area contributed by atoms with Crippen molar-refractivity contribution in [3.05, 3.63) is 34.4 Å². The molecule has 0 unspecified atom stereocenters. The zero-order valence-electron chi connectivity index (χ0n) is 17.4. The van der Waals surface area contributed by atoms with Crippen molar-refractivity contribution in [2.24, 2.45) is 0 Å². The van der Waals surface area contributed by atoms with Crippen LogP contribution in [-0.4, -0.2) is 17.7 Å². The highest BCUT2D eigenvalue weighted by Gasteiger charge is 2.26. The van der Waals surface area contributed by atoms with Gasteiger partial charge < -0.3 is 4.52 Å². The first kappa shape index (κ1) is 24.6. The summed E-state index contributed by atoms with van der Waals surface area (Å²) in [5.41, 5.74) is -0.0204. The summed E-state index contributed by atoms with van der Waals surface area (Å²) in [4.78, 5) is 10.3. The van der Waals surface area contributed by atoms with Crippen LogP contribution >= 0.6 is 7.60 Å². The number of rotatable bonds is 17. The third-order valence-electron chi connectivity index (χ3n) is 4.61. The van der Waals surface area contributed by atoms with Gasteiger partial charge >= 0.3 is 7.60 Å². The van der Waals surface area contributed by atoms with Crippen molar-refractivity contribution in [2.75, 3.05) is 12.8 Å². The molecule has 0 N–H and O–H groups in total. The Balaban J connectivity index is 2.45. The summed E-state index contributed by atoms with van der Waals surface area (Å²) in [6, 6.07) is 5.66. The number of unbranched alkanes of at least 4 members (excludes halogenated alkanes) is 9. The SMILES string of the molecule is CCCCCCCCCCC[P@](=O)(OCCCC)Oc1ccc([N+](=O)[O-])cc1. The highest BCUT2D eigenvalue weighted by Crippen LogP contribution is 2.49. The van der Waals surface area contributed by atoms with E-state index in [1.54, 1.807) is 0 Å². The third kappa shape index (κ3) is 10.8. The molecule has 28 heavy (non-hydrogen) atoms. The molecule has 160 valence electrons. The molecule has 0 saturated carbocycles. The van der Waals surface area contributed by atoms with Gasteiger partial charge in [-0.15, -0.1) is 0 Å². The number of nitro benzene ring substituents is 1. The van der Waals surface area contributed by atoms with E-state index in [9.17, 15) is 14.7 Å². The molecule has 0 aromatic heterocycles. The summed E-state index contributed by atoms with van der Waals surface area (Å²) in [6.45, 7) is 4.67. The van der Waals surface area contributed by atoms with Crippen LogP contribution in [-0.2, 0) is 9.09 Å². The van der Waals surface area contributed by atoms with E-state index in [4.69, 9.17) is 9.05 Å². The number of hydrogen-bond donors (Lipinski definition) is 0. The highest BCUT2D eigenvalue weighted by molar-refractivity contribution is 7.54. The van der Waals surface area contributed by atoms with Gasteiger partial charge in [-0.3, -0.25) is 14.6 Å². The molecule has 6 nitrogen and oxygen atoms in total. The minimum Gasteiger partial charge on any atom is -0.424 e. The van der Waals surface area contributed by atoms with E-state index in [2.05, 4.69) is 6.92 Å². The van der Waals surface area contributed by atoms with Gasteiger partial charge in [0.1, 0.15) is 5.75 Å². The molecule has 1 rings (SSSR count). The standard InChI is InChI=1S/C21H36NO5P/c1-3-5-7-8-9-10-11-12-13-19-28(25,26-18-6-4-2)27-21-16-14-20(15-17-21)22(23)24/h14-17H,3-13,18-19H2,1-2H3/t28-/m0/s1. The minimum atomic E-state index is -3.25. The van der Waals surface area contributed by atoms with Gasteiger partial charge in [0.2, 0.25) is 0 Å². The van der Waals surface area contributed by atoms with E-state index in [0.717, 1.165) is 32.1 Å². The van der Waals surface area contributed by atoms with Crippen LogP contribution < -0.4 is 4.52 Å². The van der Waals surface area contributed by atoms with Crippen LogP contribution in [0.1, 0.15) is 84.5 Å². The lowest BCUT2D eigenvalue weighted by Gasteiger charge is -2.19. The Bertz CT molecular complexity index is 591. The topological polar surface area (TPSA) is 78.7 Å². The Morgan fingerprint density at radius 3 is 1.93 bits per heavy atom. The van der Waals surface area contributed by atoms with Crippen LogP contribution in [0, 0.1) is 10.1 Å². The van der Waals surface area contributed by atoms with E-state index in [1.165, 1.54) is 62.8 Å². The molecule has 1 atom stereocenters. The van der Waals surface area contributed by atoms with Gasteiger partial charge in [-0.1, -0.05) is 71.6 Å². The average molecular weight is 413 g/mol. The maximum absolute atomic E-state index is 13.1. The molecule has 1 aromatic rings. The summed E-state index contributed by atoms with van der Waals surface area (Å²) in [5.74, 6) is 0.348. The fourth-order valence-electron chi connectivity index (χ4n) is 2.89. The van der Waals surface area contributed by atoms with Crippen LogP contribution in [0.25, 0.3) is 0 Å². The van der Waals surface area contributed by atoms with Gasteiger partial charge in [0.15, 0.2) is 0 Å². The second-order valence-electron chi connectivity index (χ2n) is 7.19. The molecule has 1 aromatic carbocycles. The summed E-state index contributed by atoms with van der Waals surface area (Å²) < 4.78 is 24.4. The normalized spacial score (nSPS) is 13.2. The predicted molar refractivity (Wildman–Crippen MR) is 114 cm³/mol. The molecule has 0 aliphatic rings. The zero-order chi connectivity index (χ0) is 20.7. The summed E-state index contributed by atoms with van der Waals surface area (Å²) in [7, 11) is -3.25. The first-order valence-electron chi connectivity index (χ1n) is 10.7. The Morgan fingerprint density at radius 1 is 0.857 bits per heavy atom. The molecule has 0 heterocycles. The predicted octanol–water partition coefficient (Wildman–Crippen LogP) is 7.51. The van der Waals surface area contributed by atoms with Crippen molar-refractivity contribution >= 4 is 13.3 Å². The van der Waals surface area contributed by atoms with E-state index < -0.39 is 12.5 Å². The maximum Gasteiger partial charge on any atom is 0.379 e. The molecular formula is C21H36NO5P. The number of benzene rings is 1. The van der Waals surface area contributed by atoms with Crippen LogP contribution in [0.2, 0.25) is 0 Å². The Morgan fingerprint density at radius 2 is 1.39 bits per heavy atom. The van der Waals surface area contributed by atoms with Crippen molar-refractivity contribution in [1.29, 1.82) is 0 Å². The Labute approximate surface area is 169 Å². The molecule has 0 amide bonds. The smallest absolute Gasteiger partial charge is 0.379 e. The van der Waals surface area contributed by atoms with Crippen LogP contribution in [0.5, 0.6) is 5.75 Å². The van der Waals surface area contributed by atoms with Gasteiger partial charge in [0.25, 0.3) is 5.69 Å². The van der Waals surface area contributed by atoms with E-state index in [-0.39, 0.29) is 5.69 Å². The van der Waals surface area contributed by atoms with Crippen molar-refractivity contribution < 1.29 is 18.5 Å². The molecule has 0 fully saturated rings. The molecule has 0 aliphatic heterocycles. The van der Waals surface area contributed by atoms with Crippen molar-refractivity contribution in [1.82, 2.24) is 0 Å². The minimum absolute atomic E-state index is 0.0204. The maximum atomic E-state index is 13.1. The monoisotopic (exact) mass is 413 g/mol. The first-order valence-corrected chi connectivity index (χ1v) is 12.4. The van der Waals surface area contributed by atoms with Crippen LogP contribution in [0.3, 0.4) is 0 Å². The second-order valence-corrected chi connectivity index (χ2v) is 9.30. The van der Waals surface area contributed by atoms with Gasteiger partial charge in [-0.2, -0.15) is 0 Å². The first-order chi connectivity index (χ1) is 13.5. The second kappa shape index (κ2) is 14.6. The molecule has 0 saturated heterocycles. The molecule has 7 heteroatoms. The fourth-order valence-corrected chi connectivity index (χ4v) is 4.62. The molecule has 0 radical (unpaired) electrons. The van der Waals surface area contributed by atoms with Crippen molar-refractivity contribution in [2.45, 2.75) is 84.5 Å². The van der Waals surface area contributed by atoms with Gasteiger partial charge in [0.05, 0.1) is 17.7 Å². The lowest BCUT2D eigenvalue weighted by atomic mass is 10.1. The molecule has 0 aliphatic carbocycles. The molecule has 0 bridgehead atoms. The summed E-state index contributed by atoms with van der Waals surface area (Å²) in [6.07, 6.45) is 12.8. The Hall–Kier alpha value is -1.39. The number of nitro groups is 1. The van der Waals surface area contributed by atoms with E-state index in [1.807, 2.05) is 6.92 Å². The number of nitrogens with zero attached hydrogens (tertiary/aromatic N) is 1. The Kier molecular flexibility index (Phi) is 12.8. The average Bonchev–Trinajstić information content (AvgIpc) is 2.67.